The lowest BCUT2D eigenvalue weighted by Crippen LogP contribution is -2.25. The topological polar surface area (TPSA) is 118 Å². The number of pyridine rings is 1. The third-order valence-corrected chi connectivity index (χ3v) is 6.21. The summed E-state index contributed by atoms with van der Waals surface area (Å²) in [5, 5.41) is 6.75. The van der Waals surface area contributed by atoms with Crippen molar-refractivity contribution in [2.24, 2.45) is 10.7 Å². The Bertz CT molecular complexity index is 1220. The highest BCUT2D eigenvalue weighted by atomic mass is 32.1. The molecule has 3 heterocycles. The molecule has 0 radical (unpaired) electrons. The summed E-state index contributed by atoms with van der Waals surface area (Å²) < 4.78 is 14.5. The number of anilines is 1. The van der Waals surface area contributed by atoms with E-state index in [1.807, 2.05) is 19.1 Å². The van der Waals surface area contributed by atoms with Crippen LogP contribution in [0.25, 0.3) is 10.2 Å². The summed E-state index contributed by atoms with van der Waals surface area (Å²) in [6.07, 6.45) is 1.87. The van der Waals surface area contributed by atoms with Crippen molar-refractivity contribution in [2.75, 3.05) is 25.4 Å². The minimum absolute atomic E-state index is 0.281. The van der Waals surface area contributed by atoms with Gasteiger partial charge in [-0.1, -0.05) is 6.07 Å². The number of benzene rings is 1. The number of carbonyl (C=O) groups excluding carboxylic acids is 1. The van der Waals surface area contributed by atoms with Crippen molar-refractivity contribution in [3.05, 3.63) is 64.1 Å². The summed E-state index contributed by atoms with van der Waals surface area (Å²) in [6.45, 7) is 3.44. The molecular weight excluding hydrogens is 415 g/mol. The third kappa shape index (κ3) is 4.42. The number of aliphatic imine (C=N–C) groups is 1. The maximum absolute atomic E-state index is 14.5. The Kier molecular flexibility index (Phi) is 5.97. The molecule has 1 aliphatic heterocycles. The standard InChI is InChI=1S/C22H23FN6OS/c1-12-2-5-16-19(25)20(31-22(16)28-12)21(30)27-7-6-13-3-4-15(8-17(13)23)29-18-11-26-10-14(18)9-24/h2-5,8-9,26H,6-7,10-11,24-25H2,1H3,(H,27,30). The average Bonchev–Trinajstić information content (AvgIpc) is 3.33. The Morgan fingerprint density at radius 1 is 1.35 bits per heavy atom. The lowest BCUT2D eigenvalue weighted by molar-refractivity contribution is 0.0959. The number of nitrogens with zero attached hydrogens (tertiary/aromatic N) is 2. The largest absolute Gasteiger partial charge is 0.404 e. The number of halogens is 1. The van der Waals surface area contributed by atoms with E-state index in [4.69, 9.17) is 11.5 Å². The van der Waals surface area contributed by atoms with Gasteiger partial charge in [0.25, 0.3) is 5.91 Å². The summed E-state index contributed by atoms with van der Waals surface area (Å²) in [5.41, 5.74) is 15.8. The number of aromatic nitrogens is 1. The summed E-state index contributed by atoms with van der Waals surface area (Å²) in [5.74, 6) is -0.641. The number of nitrogens with two attached hydrogens (primary N) is 2. The van der Waals surface area contributed by atoms with E-state index in [0.29, 0.717) is 41.3 Å². The van der Waals surface area contributed by atoms with Gasteiger partial charge >= 0.3 is 0 Å². The second kappa shape index (κ2) is 8.83. The fraction of sp³-hybridized carbons (Fsp3) is 0.227. The first-order valence-corrected chi connectivity index (χ1v) is 10.7. The zero-order valence-electron chi connectivity index (χ0n) is 17.0. The van der Waals surface area contributed by atoms with Gasteiger partial charge in [0.1, 0.15) is 15.5 Å². The van der Waals surface area contributed by atoms with Crippen LogP contribution in [0.5, 0.6) is 0 Å². The van der Waals surface area contributed by atoms with E-state index in [0.717, 1.165) is 27.2 Å². The van der Waals surface area contributed by atoms with Crippen LogP contribution in [-0.4, -0.2) is 36.2 Å². The highest BCUT2D eigenvalue weighted by Gasteiger charge is 2.17. The normalized spacial score (nSPS) is 16.5. The average molecular weight is 439 g/mol. The van der Waals surface area contributed by atoms with Gasteiger partial charge in [0.2, 0.25) is 0 Å². The Hall–Kier alpha value is -3.30. The van der Waals surface area contributed by atoms with Gasteiger partial charge in [0, 0.05) is 42.5 Å². The quantitative estimate of drug-likeness (QED) is 0.489. The molecule has 160 valence electrons. The number of nitrogens with one attached hydrogen (secondary N) is 2. The molecule has 0 atom stereocenters. The Morgan fingerprint density at radius 3 is 2.97 bits per heavy atom. The van der Waals surface area contributed by atoms with E-state index in [1.165, 1.54) is 23.6 Å². The molecule has 1 amide bonds. The minimum atomic E-state index is -0.360. The Morgan fingerprint density at radius 2 is 2.19 bits per heavy atom. The second-order valence-electron chi connectivity index (χ2n) is 7.29. The summed E-state index contributed by atoms with van der Waals surface area (Å²) in [6, 6.07) is 8.58. The first-order valence-electron chi connectivity index (χ1n) is 9.88. The molecule has 3 aromatic rings. The van der Waals surface area contributed by atoms with Crippen LogP contribution >= 0.6 is 11.3 Å². The van der Waals surface area contributed by atoms with Crippen molar-refractivity contribution in [2.45, 2.75) is 13.3 Å². The van der Waals surface area contributed by atoms with Crippen molar-refractivity contribution >= 4 is 44.5 Å². The summed E-state index contributed by atoms with van der Waals surface area (Å²) in [4.78, 5) is 22.6. The lowest BCUT2D eigenvalue weighted by Gasteiger charge is -2.07. The molecule has 0 unspecified atom stereocenters. The first kappa shape index (κ1) is 21.0. The Balaban J connectivity index is 1.40. The molecule has 0 saturated carbocycles. The maximum atomic E-state index is 14.5. The molecule has 1 aliphatic rings. The number of hydrogen-bond donors (Lipinski definition) is 4. The van der Waals surface area contributed by atoms with Gasteiger partial charge < -0.3 is 22.1 Å². The number of thiophene rings is 1. The van der Waals surface area contributed by atoms with Crippen molar-refractivity contribution < 1.29 is 9.18 Å². The SMILES string of the molecule is Cc1ccc2c(N)c(C(=O)NCCc3ccc(N=C4CNCC4=CN)cc3F)sc2n1. The van der Waals surface area contributed by atoms with Crippen LogP contribution in [0.4, 0.5) is 15.8 Å². The molecule has 6 N–H and O–H groups in total. The van der Waals surface area contributed by atoms with Crippen LogP contribution in [0, 0.1) is 12.7 Å². The van der Waals surface area contributed by atoms with Crippen LogP contribution < -0.4 is 22.1 Å². The van der Waals surface area contributed by atoms with E-state index < -0.39 is 0 Å². The zero-order chi connectivity index (χ0) is 22.0. The lowest BCUT2D eigenvalue weighted by atomic mass is 10.1. The van der Waals surface area contributed by atoms with Gasteiger partial charge in [0.05, 0.1) is 17.1 Å². The molecule has 31 heavy (non-hydrogen) atoms. The number of amides is 1. The van der Waals surface area contributed by atoms with E-state index in [9.17, 15) is 9.18 Å². The molecule has 1 fully saturated rings. The van der Waals surface area contributed by atoms with Crippen molar-refractivity contribution in [1.29, 1.82) is 0 Å². The smallest absolute Gasteiger partial charge is 0.263 e. The Labute approximate surface area is 183 Å². The molecule has 2 aromatic heterocycles. The van der Waals surface area contributed by atoms with Gasteiger partial charge in [0.15, 0.2) is 0 Å². The number of aryl methyl sites for hydroxylation is 1. The second-order valence-corrected chi connectivity index (χ2v) is 8.28. The molecule has 1 saturated heterocycles. The van der Waals surface area contributed by atoms with Gasteiger partial charge in [-0.25, -0.2) is 9.37 Å². The highest BCUT2D eigenvalue weighted by molar-refractivity contribution is 7.21. The molecule has 0 spiro atoms. The fourth-order valence-corrected chi connectivity index (χ4v) is 4.47. The minimum Gasteiger partial charge on any atom is -0.404 e. The predicted molar refractivity (Wildman–Crippen MR) is 123 cm³/mol. The van der Waals surface area contributed by atoms with E-state index >= 15 is 0 Å². The number of rotatable bonds is 5. The number of fused-ring (bicyclic) bond motifs is 1. The molecule has 0 aliphatic carbocycles. The maximum Gasteiger partial charge on any atom is 0.263 e. The van der Waals surface area contributed by atoms with Crippen LogP contribution in [-0.2, 0) is 6.42 Å². The molecular formula is C22H23FN6OS. The number of hydrogen-bond acceptors (Lipinski definition) is 7. The van der Waals surface area contributed by atoms with Gasteiger partial charge in [-0.2, -0.15) is 0 Å². The van der Waals surface area contributed by atoms with Crippen LogP contribution in [0.3, 0.4) is 0 Å². The third-order valence-electron chi connectivity index (χ3n) is 5.10. The number of nitrogen functional groups attached to an aromatic ring is 1. The van der Waals surface area contributed by atoms with Gasteiger partial charge in [-0.15, -0.1) is 11.3 Å². The highest BCUT2D eigenvalue weighted by Crippen LogP contribution is 2.32. The fourth-order valence-electron chi connectivity index (χ4n) is 3.41. The predicted octanol–water partition coefficient (Wildman–Crippen LogP) is 2.82. The zero-order valence-corrected chi connectivity index (χ0v) is 17.9. The summed E-state index contributed by atoms with van der Waals surface area (Å²) in [7, 11) is 0. The van der Waals surface area contributed by atoms with Crippen LogP contribution in [0.15, 0.2) is 47.1 Å². The van der Waals surface area contributed by atoms with Crippen LogP contribution in [0.1, 0.15) is 20.9 Å². The van der Waals surface area contributed by atoms with Gasteiger partial charge in [-0.05, 0) is 43.2 Å². The molecule has 7 nitrogen and oxygen atoms in total. The number of carbonyl (C=O) groups is 1. The van der Waals surface area contributed by atoms with Crippen LogP contribution in [0.2, 0.25) is 0 Å². The van der Waals surface area contributed by atoms with Gasteiger partial charge in [-0.3, -0.25) is 9.79 Å². The van der Waals surface area contributed by atoms with Crippen molar-refractivity contribution in [3.63, 3.8) is 0 Å². The van der Waals surface area contributed by atoms with Crippen molar-refractivity contribution in [3.8, 4) is 0 Å². The first-order chi connectivity index (χ1) is 15.0. The molecule has 9 heteroatoms. The summed E-state index contributed by atoms with van der Waals surface area (Å²) >= 11 is 1.26. The van der Waals surface area contributed by atoms with E-state index in [-0.39, 0.29) is 18.3 Å². The van der Waals surface area contributed by atoms with Crippen molar-refractivity contribution in [1.82, 2.24) is 15.6 Å². The molecule has 1 aromatic carbocycles. The van der Waals surface area contributed by atoms with E-state index in [2.05, 4.69) is 20.6 Å². The molecule has 0 bridgehead atoms. The monoisotopic (exact) mass is 438 g/mol. The van der Waals surface area contributed by atoms with E-state index in [1.54, 1.807) is 12.1 Å². The molecule has 4 rings (SSSR count).